The van der Waals surface area contributed by atoms with Crippen molar-refractivity contribution in [2.75, 3.05) is 20.8 Å². The molecule has 0 spiro atoms. The Balaban J connectivity index is 1.76. The Labute approximate surface area is 139 Å². The van der Waals surface area contributed by atoms with E-state index in [9.17, 15) is 9.59 Å². The fourth-order valence-corrected chi connectivity index (χ4v) is 1.80. The number of rotatable bonds is 6. The molecular weight excluding hydrogens is 312 g/mol. The molecule has 0 atom stereocenters. The van der Waals surface area contributed by atoms with Gasteiger partial charge in [0, 0.05) is 5.56 Å². The first-order chi connectivity index (χ1) is 11.6. The lowest BCUT2D eigenvalue weighted by atomic mass is 10.2. The molecule has 0 aliphatic carbocycles. The second-order valence-corrected chi connectivity index (χ2v) is 4.70. The summed E-state index contributed by atoms with van der Waals surface area (Å²) in [6.07, 6.45) is 0. The van der Waals surface area contributed by atoms with Crippen molar-refractivity contribution in [1.82, 2.24) is 10.9 Å². The molecule has 7 heteroatoms. The smallest absolute Gasteiger partial charge is 0.276 e. The highest BCUT2D eigenvalue weighted by Crippen LogP contribution is 2.16. The van der Waals surface area contributed by atoms with E-state index in [1.54, 1.807) is 55.6 Å². The van der Waals surface area contributed by atoms with Gasteiger partial charge in [-0.05, 0) is 48.5 Å². The van der Waals surface area contributed by atoms with Crippen molar-refractivity contribution in [2.24, 2.45) is 0 Å². The molecule has 0 aliphatic heterocycles. The van der Waals surface area contributed by atoms with E-state index in [1.807, 2.05) is 0 Å². The molecule has 0 saturated heterocycles. The number of benzene rings is 2. The third kappa shape index (κ3) is 4.91. The predicted octanol–water partition coefficient (Wildman–Crippen LogP) is 1.54. The van der Waals surface area contributed by atoms with Gasteiger partial charge in [-0.2, -0.15) is 0 Å². The largest absolute Gasteiger partial charge is 0.497 e. The number of nitrogens with one attached hydrogen (secondary N) is 2. The topological polar surface area (TPSA) is 85.9 Å². The minimum atomic E-state index is -0.479. The molecule has 0 radical (unpaired) electrons. The van der Waals surface area contributed by atoms with Crippen LogP contribution in [0.25, 0.3) is 0 Å². The Bertz CT molecular complexity index is 683. The lowest BCUT2D eigenvalue weighted by Crippen LogP contribution is -2.43. The summed E-state index contributed by atoms with van der Waals surface area (Å²) < 4.78 is 15.3. The van der Waals surface area contributed by atoms with Gasteiger partial charge in [0.25, 0.3) is 11.8 Å². The first-order valence-corrected chi connectivity index (χ1v) is 7.12. The minimum absolute atomic E-state index is 0.227. The third-order valence-electron chi connectivity index (χ3n) is 3.10. The van der Waals surface area contributed by atoms with Crippen LogP contribution in [0.1, 0.15) is 10.4 Å². The number of hydrogen-bond acceptors (Lipinski definition) is 5. The summed E-state index contributed by atoms with van der Waals surface area (Å²) in [5.74, 6) is 0.942. The number of hydrazine groups is 1. The summed E-state index contributed by atoms with van der Waals surface area (Å²) >= 11 is 0. The maximum atomic E-state index is 11.9. The molecule has 2 rings (SSSR count). The molecule has 0 saturated carbocycles. The second-order valence-electron chi connectivity index (χ2n) is 4.70. The fraction of sp³-hybridized carbons (Fsp3) is 0.176. The Morgan fingerprint density at radius 2 is 1.29 bits per heavy atom. The van der Waals surface area contributed by atoms with Crippen LogP contribution in [0, 0.1) is 0 Å². The van der Waals surface area contributed by atoms with Crippen LogP contribution in [-0.2, 0) is 4.79 Å². The number of methoxy groups -OCH3 is 2. The van der Waals surface area contributed by atoms with Crippen molar-refractivity contribution in [3.63, 3.8) is 0 Å². The minimum Gasteiger partial charge on any atom is -0.497 e. The van der Waals surface area contributed by atoms with Crippen molar-refractivity contribution >= 4 is 11.8 Å². The molecule has 0 unspecified atom stereocenters. The van der Waals surface area contributed by atoms with E-state index in [0.717, 1.165) is 0 Å². The molecule has 0 bridgehead atoms. The van der Waals surface area contributed by atoms with E-state index in [4.69, 9.17) is 14.2 Å². The van der Waals surface area contributed by atoms with E-state index in [1.165, 1.54) is 7.11 Å². The average molecular weight is 330 g/mol. The Kier molecular flexibility index (Phi) is 6.01. The zero-order valence-electron chi connectivity index (χ0n) is 13.4. The van der Waals surface area contributed by atoms with Crippen LogP contribution in [0.4, 0.5) is 0 Å². The van der Waals surface area contributed by atoms with Gasteiger partial charge in [-0.25, -0.2) is 0 Å². The van der Waals surface area contributed by atoms with Crippen LogP contribution in [0.3, 0.4) is 0 Å². The molecule has 0 aromatic heterocycles. The average Bonchev–Trinajstić information content (AvgIpc) is 2.64. The molecule has 126 valence electrons. The van der Waals surface area contributed by atoms with Gasteiger partial charge in [0.2, 0.25) is 0 Å². The van der Waals surface area contributed by atoms with E-state index >= 15 is 0 Å². The van der Waals surface area contributed by atoms with Gasteiger partial charge < -0.3 is 14.2 Å². The lowest BCUT2D eigenvalue weighted by molar-refractivity contribution is -0.123. The van der Waals surface area contributed by atoms with Crippen LogP contribution in [0.5, 0.6) is 17.2 Å². The van der Waals surface area contributed by atoms with Gasteiger partial charge >= 0.3 is 0 Å². The molecule has 24 heavy (non-hydrogen) atoms. The first kappa shape index (κ1) is 17.1. The van der Waals surface area contributed by atoms with Crippen LogP contribution in [0.15, 0.2) is 48.5 Å². The number of amides is 2. The molecule has 7 nitrogen and oxygen atoms in total. The van der Waals surface area contributed by atoms with Crippen LogP contribution < -0.4 is 25.1 Å². The predicted molar refractivity (Wildman–Crippen MR) is 87.1 cm³/mol. The lowest BCUT2D eigenvalue weighted by Gasteiger charge is -2.09. The number of carbonyl (C=O) groups is 2. The highest BCUT2D eigenvalue weighted by Gasteiger charge is 2.08. The first-order valence-electron chi connectivity index (χ1n) is 7.12. The molecule has 2 amide bonds. The van der Waals surface area contributed by atoms with Crippen molar-refractivity contribution in [2.45, 2.75) is 0 Å². The van der Waals surface area contributed by atoms with E-state index in [2.05, 4.69) is 10.9 Å². The molecule has 2 N–H and O–H groups in total. The van der Waals surface area contributed by atoms with E-state index in [-0.39, 0.29) is 6.61 Å². The van der Waals surface area contributed by atoms with Gasteiger partial charge in [0.1, 0.15) is 17.2 Å². The summed E-state index contributed by atoms with van der Waals surface area (Å²) in [4.78, 5) is 23.6. The zero-order chi connectivity index (χ0) is 17.4. The summed E-state index contributed by atoms with van der Waals surface area (Å²) in [5.41, 5.74) is 4.99. The van der Waals surface area contributed by atoms with Crippen molar-refractivity contribution in [3.8, 4) is 17.2 Å². The summed E-state index contributed by atoms with van der Waals surface area (Å²) in [7, 11) is 3.10. The monoisotopic (exact) mass is 330 g/mol. The van der Waals surface area contributed by atoms with Gasteiger partial charge in [0.05, 0.1) is 14.2 Å². The van der Waals surface area contributed by atoms with Crippen LogP contribution in [0.2, 0.25) is 0 Å². The third-order valence-corrected chi connectivity index (χ3v) is 3.10. The van der Waals surface area contributed by atoms with Crippen molar-refractivity contribution in [3.05, 3.63) is 54.1 Å². The van der Waals surface area contributed by atoms with Gasteiger partial charge in [-0.15, -0.1) is 0 Å². The fourth-order valence-electron chi connectivity index (χ4n) is 1.80. The summed E-state index contributed by atoms with van der Waals surface area (Å²) in [5, 5.41) is 0. The van der Waals surface area contributed by atoms with Gasteiger partial charge in [-0.3, -0.25) is 20.4 Å². The van der Waals surface area contributed by atoms with E-state index in [0.29, 0.717) is 22.8 Å². The van der Waals surface area contributed by atoms with Crippen LogP contribution >= 0.6 is 0 Å². The normalized spacial score (nSPS) is 9.75. The highest BCUT2D eigenvalue weighted by atomic mass is 16.5. The standard InChI is InChI=1S/C17H18N2O5/c1-22-13-5-3-12(4-6-13)17(21)19-18-16(20)11-24-15-9-7-14(23-2)8-10-15/h3-10H,11H2,1-2H3,(H,18,20)(H,19,21). The number of carbonyl (C=O) groups excluding carboxylic acids is 2. The number of ether oxygens (including phenoxy) is 3. The quantitative estimate of drug-likeness (QED) is 0.785. The summed E-state index contributed by atoms with van der Waals surface area (Å²) in [6.45, 7) is -0.227. The van der Waals surface area contributed by atoms with Crippen LogP contribution in [-0.4, -0.2) is 32.6 Å². The van der Waals surface area contributed by atoms with Crippen molar-refractivity contribution in [1.29, 1.82) is 0 Å². The number of hydrogen-bond donors (Lipinski definition) is 2. The molecular formula is C17H18N2O5. The van der Waals surface area contributed by atoms with E-state index < -0.39 is 11.8 Å². The molecule has 0 fully saturated rings. The SMILES string of the molecule is COc1ccc(OCC(=O)NNC(=O)c2ccc(OC)cc2)cc1. The zero-order valence-corrected chi connectivity index (χ0v) is 13.4. The molecule has 2 aromatic carbocycles. The maximum absolute atomic E-state index is 11.9. The Morgan fingerprint density at radius 3 is 1.83 bits per heavy atom. The maximum Gasteiger partial charge on any atom is 0.276 e. The molecule has 0 heterocycles. The summed E-state index contributed by atoms with van der Waals surface area (Å²) in [6, 6.07) is 13.3. The second kappa shape index (κ2) is 8.42. The van der Waals surface area contributed by atoms with Gasteiger partial charge in [0.15, 0.2) is 6.61 Å². The highest BCUT2D eigenvalue weighted by molar-refractivity contribution is 5.95. The van der Waals surface area contributed by atoms with Crippen molar-refractivity contribution < 1.29 is 23.8 Å². The Morgan fingerprint density at radius 1 is 0.792 bits per heavy atom. The molecule has 2 aromatic rings. The Hall–Kier alpha value is -3.22. The van der Waals surface area contributed by atoms with Gasteiger partial charge in [-0.1, -0.05) is 0 Å². The molecule has 0 aliphatic rings.